The molecule has 8 nitrogen and oxygen atoms in total. The highest BCUT2D eigenvalue weighted by Gasteiger charge is 2.54. The first kappa shape index (κ1) is 25.7. The molecule has 198 valence electrons. The van der Waals surface area contributed by atoms with Crippen molar-refractivity contribution < 1.29 is 28.5 Å². The van der Waals surface area contributed by atoms with Crippen molar-refractivity contribution >= 4 is 28.9 Å². The molecule has 1 saturated heterocycles. The Labute approximate surface area is 227 Å². The summed E-state index contributed by atoms with van der Waals surface area (Å²) >= 11 is 6.07. The third-order valence-corrected chi connectivity index (χ3v) is 7.43. The Morgan fingerprint density at radius 2 is 1.61 bits per heavy atom. The Bertz CT molecular complexity index is 1400. The minimum absolute atomic E-state index is 0.297. The third kappa shape index (κ3) is 3.98. The first-order valence-electron chi connectivity index (χ1n) is 12.2. The van der Waals surface area contributed by atoms with Gasteiger partial charge in [0.2, 0.25) is 5.75 Å². The molecule has 2 heterocycles. The molecular weight excluding hydrogens is 504 g/mol. The first-order valence-corrected chi connectivity index (χ1v) is 12.6. The molecule has 0 N–H and O–H groups in total. The lowest BCUT2D eigenvalue weighted by Gasteiger charge is -2.55. The van der Waals surface area contributed by atoms with Crippen LogP contribution >= 0.6 is 12.2 Å². The fourth-order valence-electron chi connectivity index (χ4n) is 5.33. The lowest BCUT2D eigenvalue weighted by molar-refractivity contribution is 0.0162. The molecule has 2 bridgehead atoms. The van der Waals surface area contributed by atoms with E-state index in [1.54, 1.807) is 24.1 Å². The number of aryl methyl sites for hydroxylation is 1. The van der Waals surface area contributed by atoms with E-state index in [1.165, 1.54) is 21.3 Å². The Kier molecular flexibility index (Phi) is 6.56. The highest BCUT2D eigenvalue weighted by atomic mass is 32.1. The zero-order valence-corrected chi connectivity index (χ0v) is 23.0. The van der Waals surface area contributed by atoms with Gasteiger partial charge in [0.25, 0.3) is 5.91 Å². The van der Waals surface area contributed by atoms with E-state index >= 15 is 0 Å². The van der Waals surface area contributed by atoms with E-state index in [9.17, 15) is 4.79 Å². The number of carbonyl (C=O) groups excluding carboxylic acids is 1. The fourth-order valence-corrected chi connectivity index (χ4v) is 5.84. The maximum Gasteiger partial charge on any atom is 0.260 e. The van der Waals surface area contributed by atoms with Crippen LogP contribution in [0.25, 0.3) is 0 Å². The van der Waals surface area contributed by atoms with Gasteiger partial charge in [-0.15, -0.1) is 0 Å². The van der Waals surface area contributed by atoms with Crippen LogP contribution in [0.15, 0.2) is 54.6 Å². The second-order valence-electron chi connectivity index (χ2n) is 9.42. The number of benzene rings is 3. The number of para-hydroxylation sites is 1. The molecule has 1 amide bonds. The third-order valence-electron chi connectivity index (χ3n) is 7.05. The van der Waals surface area contributed by atoms with Gasteiger partial charge in [-0.25, -0.2) is 0 Å². The maximum atomic E-state index is 14.3. The molecule has 0 aromatic heterocycles. The molecule has 0 unspecified atom stereocenters. The molecule has 38 heavy (non-hydrogen) atoms. The topological polar surface area (TPSA) is 69.7 Å². The molecule has 3 aromatic rings. The predicted molar refractivity (Wildman–Crippen MR) is 148 cm³/mol. The van der Waals surface area contributed by atoms with Crippen molar-refractivity contribution in [3.63, 3.8) is 0 Å². The number of methoxy groups -OCH3 is 4. The first-order chi connectivity index (χ1) is 18.3. The zero-order chi connectivity index (χ0) is 27.2. The van der Waals surface area contributed by atoms with Crippen molar-refractivity contribution in [1.29, 1.82) is 0 Å². The van der Waals surface area contributed by atoms with E-state index in [4.69, 9.17) is 35.9 Å². The molecule has 0 aliphatic carbocycles. The van der Waals surface area contributed by atoms with Crippen LogP contribution in [0.3, 0.4) is 0 Å². The molecule has 2 aliphatic heterocycles. The Hall–Kier alpha value is -3.98. The molecule has 1 fully saturated rings. The summed E-state index contributed by atoms with van der Waals surface area (Å²) in [6, 6.07) is 16.6. The zero-order valence-electron chi connectivity index (χ0n) is 22.2. The van der Waals surface area contributed by atoms with Gasteiger partial charge in [0, 0.05) is 23.2 Å². The van der Waals surface area contributed by atoms with Crippen molar-refractivity contribution in [2.75, 3.05) is 33.3 Å². The van der Waals surface area contributed by atoms with Crippen LogP contribution in [-0.4, -0.2) is 50.1 Å². The van der Waals surface area contributed by atoms with Gasteiger partial charge in [0.15, 0.2) is 33.8 Å². The van der Waals surface area contributed by atoms with Crippen LogP contribution in [0.2, 0.25) is 0 Å². The number of nitrogens with zero attached hydrogens (tertiary/aromatic N) is 2. The molecule has 2 aliphatic rings. The Balaban J connectivity index is 1.71. The largest absolute Gasteiger partial charge is 0.493 e. The minimum atomic E-state index is -0.858. The number of fused-ring (bicyclic) bond motifs is 4. The normalized spacial score (nSPS) is 19.8. The van der Waals surface area contributed by atoms with Crippen molar-refractivity contribution in [3.05, 3.63) is 71.3 Å². The number of hydrogen-bond donors (Lipinski definition) is 0. The number of rotatable bonds is 6. The standard InChI is InChI=1S/C29H30N2O6S/c1-17-9-7-10-19(13-17)31-28(38)30(27(32)18-14-23(34-4)26(36-6)24(15-18)35-5)21-16-29(31,2)37-25-20(21)11-8-12-22(25)33-3/h7-15,21H,16H2,1-6H3/t21-,29+/m0/s1. The van der Waals surface area contributed by atoms with Crippen molar-refractivity contribution in [1.82, 2.24) is 4.90 Å². The summed E-state index contributed by atoms with van der Waals surface area (Å²) in [5.41, 5.74) is 2.22. The highest BCUT2D eigenvalue weighted by Crippen LogP contribution is 2.53. The summed E-state index contributed by atoms with van der Waals surface area (Å²) in [5, 5.41) is 0.335. The van der Waals surface area contributed by atoms with Gasteiger partial charge in [0.1, 0.15) is 0 Å². The van der Waals surface area contributed by atoms with E-state index < -0.39 is 5.72 Å². The lowest BCUT2D eigenvalue weighted by atomic mass is 9.88. The Morgan fingerprint density at radius 3 is 2.21 bits per heavy atom. The summed E-state index contributed by atoms with van der Waals surface area (Å²) in [4.78, 5) is 17.9. The highest BCUT2D eigenvalue weighted by molar-refractivity contribution is 7.80. The second-order valence-corrected chi connectivity index (χ2v) is 9.79. The number of thiocarbonyl (C=S) groups is 1. The molecular formula is C29H30N2O6S. The number of anilines is 1. The summed E-state index contributed by atoms with van der Waals surface area (Å²) < 4.78 is 28.8. The SMILES string of the molecule is COc1cc(C(=O)N2C(=S)N(c3cccc(C)c3)[C@@]3(C)C[C@H]2c2cccc(OC)c2O3)cc(OC)c1OC. The van der Waals surface area contributed by atoms with Crippen LogP contribution in [0.5, 0.6) is 28.7 Å². The quantitative estimate of drug-likeness (QED) is 0.383. The smallest absolute Gasteiger partial charge is 0.260 e. The van der Waals surface area contributed by atoms with Gasteiger partial charge < -0.3 is 23.7 Å². The average molecular weight is 535 g/mol. The van der Waals surface area contributed by atoms with Crippen LogP contribution in [0, 0.1) is 6.92 Å². The second kappa shape index (κ2) is 9.72. The van der Waals surface area contributed by atoms with E-state index in [0.717, 1.165) is 16.8 Å². The molecule has 5 rings (SSSR count). The summed E-state index contributed by atoms with van der Waals surface area (Å²) in [5.74, 6) is 2.06. The maximum absolute atomic E-state index is 14.3. The fraction of sp³-hybridized carbons (Fsp3) is 0.310. The van der Waals surface area contributed by atoms with Crippen LogP contribution in [-0.2, 0) is 0 Å². The average Bonchev–Trinajstić information content (AvgIpc) is 2.91. The van der Waals surface area contributed by atoms with Gasteiger partial charge in [-0.2, -0.15) is 0 Å². The van der Waals surface area contributed by atoms with Crippen molar-refractivity contribution in [3.8, 4) is 28.7 Å². The van der Waals surface area contributed by atoms with Crippen molar-refractivity contribution in [2.45, 2.75) is 32.0 Å². The molecule has 9 heteroatoms. The van der Waals surface area contributed by atoms with Crippen LogP contribution in [0.1, 0.15) is 40.9 Å². The van der Waals surface area contributed by atoms with E-state index in [2.05, 4.69) is 0 Å². The van der Waals surface area contributed by atoms with Crippen LogP contribution < -0.4 is 28.6 Å². The number of hydrogen-bond acceptors (Lipinski definition) is 7. The van der Waals surface area contributed by atoms with E-state index in [-0.39, 0.29) is 11.9 Å². The molecule has 2 atom stereocenters. The molecule has 0 spiro atoms. The summed E-state index contributed by atoms with van der Waals surface area (Å²) in [7, 11) is 6.16. The lowest BCUT2D eigenvalue weighted by Crippen LogP contribution is -2.67. The van der Waals surface area contributed by atoms with Crippen LogP contribution in [0.4, 0.5) is 5.69 Å². The summed E-state index contributed by atoms with van der Waals surface area (Å²) in [6.45, 7) is 4.01. The van der Waals surface area contributed by atoms with Gasteiger partial charge in [-0.3, -0.25) is 14.6 Å². The molecule has 0 saturated carbocycles. The van der Waals surface area contributed by atoms with Crippen molar-refractivity contribution in [2.24, 2.45) is 0 Å². The van der Waals surface area contributed by atoms with Gasteiger partial charge in [-0.1, -0.05) is 24.3 Å². The number of amides is 1. The van der Waals surface area contributed by atoms with Gasteiger partial charge in [0.05, 0.1) is 34.5 Å². The van der Waals surface area contributed by atoms with Gasteiger partial charge in [-0.05, 0) is 62.0 Å². The monoisotopic (exact) mass is 534 g/mol. The van der Waals surface area contributed by atoms with Gasteiger partial charge >= 0.3 is 0 Å². The van der Waals surface area contributed by atoms with E-state index in [0.29, 0.717) is 45.8 Å². The number of carbonyl (C=O) groups is 1. The summed E-state index contributed by atoms with van der Waals surface area (Å²) in [6.07, 6.45) is 0.484. The van der Waals surface area contributed by atoms with E-state index in [1.807, 2.05) is 61.2 Å². The number of ether oxygens (including phenoxy) is 5. The molecule has 3 aromatic carbocycles. The Morgan fingerprint density at radius 1 is 0.947 bits per heavy atom. The predicted octanol–water partition coefficient (Wildman–Crippen LogP) is 5.52. The minimum Gasteiger partial charge on any atom is -0.493 e. The molecule has 0 radical (unpaired) electrons.